The van der Waals surface area contributed by atoms with Crippen LogP contribution in [0.3, 0.4) is 0 Å². The number of halogens is 1. The molecule has 1 aliphatic heterocycles. The molecule has 0 aliphatic carbocycles. The second-order valence-electron chi connectivity index (χ2n) is 6.23. The number of imidazole rings is 1. The zero-order chi connectivity index (χ0) is 16.4. The lowest BCUT2D eigenvalue weighted by Gasteiger charge is -2.15. The predicted molar refractivity (Wildman–Crippen MR) is 94.3 cm³/mol. The molecule has 0 spiro atoms. The van der Waals surface area contributed by atoms with Crippen LogP contribution in [0.1, 0.15) is 30.3 Å². The van der Waals surface area contributed by atoms with E-state index in [0.717, 1.165) is 54.2 Å². The molecule has 0 amide bonds. The lowest BCUT2D eigenvalue weighted by molar-refractivity contribution is -0.00000639. The lowest BCUT2D eigenvalue weighted by Crippen LogP contribution is -3.00. The van der Waals surface area contributed by atoms with E-state index in [4.69, 9.17) is 14.5 Å². The number of para-hydroxylation sites is 3. The van der Waals surface area contributed by atoms with Crippen molar-refractivity contribution in [2.24, 2.45) is 0 Å². The first-order valence-electron chi connectivity index (χ1n) is 8.58. The van der Waals surface area contributed by atoms with Crippen LogP contribution in [0.5, 0.6) is 5.75 Å². The van der Waals surface area contributed by atoms with Gasteiger partial charge in [0.15, 0.2) is 0 Å². The Morgan fingerprint density at radius 3 is 2.76 bits per heavy atom. The highest BCUT2D eigenvalue weighted by atomic mass is 35.5. The largest absolute Gasteiger partial charge is 1.00 e. The summed E-state index contributed by atoms with van der Waals surface area (Å²) >= 11 is 0. The standard InChI is InChI=1S/C20H22N2O2.ClH/c1-15-7-2-5-10-18(15)24-14-12-22-17-9-4-3-8-16(17)21-20(22)19-11-6-13-23-19;/h2-5,7-10,19H,6,11-14H2,1H3;1H/p-1. The zero-order valence-corrected chi connectivity index (χ0v) is 15.1. The number of ether oxygens (including phenoxy) is 2. The van der Waals surface area contributed by atoms with Crippen LogP contribution in [0.15, 0.2) is 48.5 Å². The third kappa shape index (κ3) is 3.65. The summed E-state index contributed by atoms with van der Waals surface area (Å²) in [7, 11) is 0. The number of hydrogen-bond donors (Lipinski definition) is 0. The normalized spacial score (nSPS) is 16.8. The molecule has 132 valence electrons. The van der Waals surface area contributed by atoms with E-state index in [9.17, 15) is 0 Å². The summed E-state index contributed by atoms with van der Waals surface area (Å²) < 4.78 is 14.1. The fourth-order valence-electron chi connectivity index (χ4n) is 3.32. The SMILES string of the molecule is Cc1ccccc1OCCn1c(C2CCCO2)nc2ccccc21.[Cl-]. The summed E-state index contributed by atoms with van der Waals surface area (Å²) in [4.78, 5) is 4.82. The molecule has 3 aromatic rings. The van der Waals surface area contributed by atoms with Gasteiger partial charge in [-0.15, -0.1) is 0 Å². The first kappa shape index (κ1) is 17.8. The second-order valence-corrected chi connectivity index (χ2v) is 6.23. The molecule has 1 aromatic heterocycles. The molecule has 1 aliphatic rings. The first-order valence-corrected chi connectivity index (χ1v) is 8.58. The van der Waals surface area contributed by atoms with Gasteiger partial charge in [0.1, 0.15) is 24.3 Å². The zero-order valence-electron chi connectivity index (χ0n) is 14.3. The molecule has 0 radical (unpaired) electrons. The Labute approximate surface area is 154 Å². The van der Waals surface area contributed by atoms with Gasteiger partial charge < -0.3 is 26.4 Å². The average molecular weight is 358 g/mol. The van der Waals surface area contributed by atoms with Gasteiger partial charge in [0.25, 0.3) is 0 Å². The van der Waals surface area contributed by atoms with Crippen LogP contribution in [-0.4, -0.2) is 22.8 Å². The third-order valence-corrected chi connectivity index (χ3v) is 4.57. The molecule has 0 bridgehead atoms. The molecular weight excluding hydrogens is 336 g/mol. The summed E-state index contributed by atoms with van der Waals surface area (Å²) in [6, 6.07) is 16.4. The molecule has 4 nitrogen and oxygen atoms in total. The van der Waals surface area contributed by atoms with Gasteiger partial charge >= 0.3 is 0 Å². The van der Waals surface area contributed by atoms with Crippen molar-refractivity contribution in [1.29, 1.82) is 0 Å². The molecule has 5 heteroatoms. The van der Waals surface area contributed by atoms with Crippen LogP contribution < -0.4 is 17.1 Å². The van der Waals surface area contributed by atoms with Gasteiger partial charge in [0.2, 0.25) is 0 Å². The van der Waals surface area contributed by atoms with Crippen molar-refractivity contribution in [2.75, 3.05) is 13.2 Å². The lowest BCUT2D eigenvalue weighted by atomic mass is 10.2. The van der Waals surface area contributed by atoms with E-state index < -0.39 is 0 Å². The molecule has 1 fully saturated rings. The number of aromatic nitrogens is 2. The maximum absolute atomic E-state index is 5.99. The minimum absolute atomic E-state index is 0. The Morgan fingerprint density at radius 2 is 1.96 bits per heavy atom. The number of nitrogens with zero attached hydrogens (tertiary/aromatic N) is 2. The van der Waals surface area contributed by atoms with E-state index >= 15 is 0 Å². The maximum atomic E-state index is 5.99. The minimum Gasteiger partial charge on any atom is -1.00 e. The van der Waals surface area contributed by atoms with E-state index in [-0.39, 0.29) is 18.5 Å². The fourth-order valence-corrected chi connectivity index (χ4v) is 3.32. The van der Waals surface area contributed by atoms with Gasteiger partial charge in [-0.2, -0.15) is 0 Å². The quantitative estimate of drug-likeness (QED) is 0.690. The van der Waals surface area contributed by atoms with Crippen molar-refractivity contribution < 1.29 is 21.9 Å². The fraction of sp³-hybridized carbons (Fsp3) is 0.350. The van der Waals surface area contributed by atoms with Crippen molar-refractivity contribution in [2.45, 2.75) is 32.4 Å². The Hall–Kier alpha value is -2.04. The summed E-state index contributed by atoms with van der Waals surface area (Å²) in [5, 5.41) is 0. The number of fused-ring (bicyclic) bond motifs is 1. The molecular formula is C20H22ClN2O2-. The number of hydrogen-bond acceptors (Lipinski definition) is 3. The van der Waals surface area contributed by atoms with Crippen LogP contribution >= 0.6 is 0 Å². The summed E-state index contributed by atoms with van der Waals surface area (Å²) in [6.07, 6.45) is 2.26. The van der Waals surface area contributed by atoms with E-state index in [0.29, 0.717) is 6.61 Å². The Bertz CT molecular complexity index is 841. The number of rotatable bonds is 5. The average Bonchev–Trinajstić information content (AvgIpc) is 3.24. The van der Waals surface area contributed by atoms with Crippen LogP contribution in [0.4, 0.5) is 0 Å². The van der Waals surface area contributed by atoms with Gasteiger partial charge in [-0.25, -0.2) is 4.98 Å². The highest BCUT2D eigenvalue weighted by molar-refractivity contribution is 5.76. The van der Waals surface area contributed by atoms with Crippen LogP contribution in [0, 0.1) is 6.92 Å². The van der Waals surface area contributed by atoms with E-state index in [1.54, 1.807) is 0 Å². The Balaban J connectivity index is 0.00000182. The molecule has 0 saturated carbocycles. The van der Waals surface area contributed by atoms with Gasteiger partial charge in [0, 0.05) is 6.61 Å². The Morgan fingerprint density at radius 1 is 1.16 bits per heavy atom. The van der Waals surface area contributed by atoms with Crippen molar-refractivity contribution in [3.05, 3.63) is 59.9 Å². The molecule has 4 rings (SSSR count). The summed E-state index contributed by atoms with van der Waals surface area (Å²) in [5.41, 5.74) is 3.34. The van der Waals surface area contributed by atoms with Crippen molar-refractivity contribution in [3.8, 4) is 5.75 Å². The number of aryl methyl sites for hydroxylation is 1. The molecule has 0 N–H and O–H groups in total. The third-order valence-electron chi connectivity index (χ3n) is 4.57. The molecule has 1 atom stereocenters. The van der Waals surface area contributed by atoms with Crippen molar-refractivity contribution in [1.82, 2.24) is 9.55 Å². The molecule has 2 heterocycles. The van der Waals surface area contributed by atoms with Crippen molar-refractivity contribution >= 4 is 11.0 Å². The molecule has 1 unspecified atom stereocenters. The summed E-state index contributed by atoms with van der Waals surface area (Å²) in [5.74, 6) is 1.97. The van der Waals surface area contributed by atoms with Crippen LogP contribution in [0.25, 0.3) is 11.0 Å². The van der Waals surface area contributed by atoms with E-state index in [1.165, 1.54) is 0 Å². The van der Waals surface area contributed by atoms with Gasteiger partial charge in [-0.1, -0.05) is 30.3 Å². The van der Waals surface area contributed by atoms with Crippen LogP contribution in [-0.2, 0) is 11.3 Å². The minimum atomic E-state index is 0. The first-order chi connectivity index (χ1) is 11.8. The van der Waals surface area contributed by atoms with Gasteiger partial charge in [0.05, 0.1) is 17.6 Å². The predicted octanol–water partition coefficient (Wildman–Crippen LogP) is 1.28. The number of benzene rings is 2. The van der Waals surface area contributed by atoms with Gasteiger partial charge in [-0.3, -0.25) is 0 Å². The maximum Gasteiger partial charge on any atom is 0.139 e. The second kappa shape index (κ2) is 7.89. The molecule has 1 saturated heterocycles. The highest BCUT2D eigenvalue weighted by Crippen LogP contribution is 2.30. The topological polar surface area (TPSA) is 36.3 Å². The van der Waals surface area contributed by atoms with E-state index in [2.05, 4.69) is 35.8 Å². The summed E-state index contributed by atoms with van der Waals surface area (Å²) in [6.45, 7) is 4.28. The van der Waals surface area contributed by atoms with E-state index in [1.807, 2.05) is 24.3 Å². The smallest absolute Gasteiger partial charge is 0.139 e. The highest BCUT2D eigenvalue weighted by Gasteiger charge is 2.24. The molecule has 2 aromatic carbocycles. The monoisotopic (exact) mass is 357 g/mol. The molecule has 25 heavy (non-hydrogen) atoms. The van der Waals surface area contributed by atoms with Gasteiger partial charge in [-0.05, 0) is 43.5 Å². The van der Waals surface area contributed by atoms with Crippen LogP contribution in [0.2, 0.25) is 0 Å². The van der Waals surface area contributed by atoms with Crippen molar-refractivity contribution in [3.63, 3.8) is 0 Å². The Kier molecular flexibility index (Phi) is 5.61.